The molecular weight excluding hydrogens is 259 g/mol. The van der Waals surface area contributed by atoms with E-state index in [-0.39, 0.29) is 19.1 Å². The molecule has 4 nitrogen and oxygen atoms in total. The highest BCUT2D eigenvalue weighted by Gasteiger charge is 2.31. The van der Waals surface area contributed by atoms with Gasteiger partial charge in [-0.05, 0) is 25.5 Å². The summed E-state index contributed by atoms with van der Waals surface area (Å²) in [7, 11) is 0. The van der Waals surface area contributed by atoms with Crippen LogP contribution in [0.15, 0.2) is 24.3 Å². The Morgan fingerprint density at radius 2 is 2.15 bits per heavy atom. The zero-order chi connectivity index (χ0) is 14.5. The maximum atomic E-state index is 13.7. The number of nitrogens with two attached hydrogens (primary N) is 1. The second kappa shape index (κ2) is 6.70. The molecule has 0 spiro atoms. The molecule has 1 aromatic rings. The summed E-state index contributed by atoms with van der Waals surface area (Å²) in [5.74, 6) is -0.142. The Balaban J connectivity index is 1.82. The molecule has 0 radical (unpaired) electrons. The average Bonchev–Trinajstić information content (AvgIpc) is 2.46. The number of halogens is 1. The highest BCUT2D eigenvalue weighted by atomic mass is 19.1. The van der Waals surface area contributed by atoms with Gasteiger partial charge in [-0.2, -0.15) is 0 Å². The topological polar surface area (TPSA) is 55.6 Å². The number of aryl methyl sites for hydroxylation is 1. The summed E-state index contributed by atoms with van der Waals surface area (Å²) in [4.78, 5) is 13.3. The summed E-state index contributed by atoms with van der Waals surface area (Å²) in [5, 5.41) is 0. The van der Waals surface area contributed by atoms with Gasteiger partial charge in [0.05, 0.1) is 6.54 Å². The smallest absolute Gasteiger partial charge is 0.410 e. The Kier molecular flexibility index (Phi) is 4.95. The maximum Gasteiger partial charge on any atom is 0.410 e. The van der Waals surface area contributed by atoms with Gasteiger partial charge in [-0.3, -0.25) is 0 Å². The van der Waals surface area contributed by atoms with Crippen LogP contribution in [0.2, 0.25) is 0 Å². The van der Waals surface area contributed by atoms with Crippen molar-refractivity contribution in [2.24, 2.45) is 11.7 Å². The molecule has 2 N–H and O–H groups in total. The van der Waals surface area contributed by atoms with E-state index in [0.717, 1.165) is 11.1 Å². The maximum absolute atomic E-state index is 13.7. The number of piperidine rings is 1. The van der Waals surface area contributed by atoms with Gasteiger partial charge in [0.25, 0.3) is 0 Å². The van der Waals surface area contributed by atoms with E-state index in [4.69, 9.17) is 10.5 Å². The number of hydrogen-bond donors (Lipinski definition) is 1. The van der Waals surface area contributed by atoms with Crippen LogP contribution in [-0.2, 0) is 11.3 Å². The molecule has 110 valence electrons. The molecular formula is C15H21FN2O2. The first-order valence-corrected chi connectivity index (χ1v) is 6.91. The monoisotopic (exact) mass is 280 g/mol. The van der Waals surface area contributed by atoms with E-state index >= 15 is 0 Å². The highest BCUT2D eigenvalue weighted by molar-refractivity contribution is 5.67. The van der Waals surface area contributed by atoms with E-state index in [0.29, 0.717) is 19.5 Å². The van der Waals surface area contributed by atoms with Crippen molar-refractivity contribution in [2.75, 3.05) is 19.6 Å². The number of alkyl halides is 1. The first-order valence-electron chi connectivity index (χ1n) is 6.91. The molecule has 0 bridgehead atoms. The fourth-order valence-electron chi connectivity index (χ4n) is 2.31. The normalized spacial score (nSPS) is 22.6. The van der Waals surface area contributed by atoms with Crippen molar-refractivity contribution in [2.45, 2.75) is 26.1 Å². The minimum Gasteiger partial charge on any atom is -0.445 e. The number of carbonyl (C=O) groups is 1. The Labute approximate surface area is 118 Å². The number of amides is 1. The van der Waals surface area contributed by atoms with Crippen LogP contribution in [-0.4, -0.2) is 36.8 Å². The van der Waals surface area contributed by atoms with E-state index in [1.807, 2.05) is 31.2 Å². The fraction of sp³-hybridized carbons (Fsp3) is 0.533. The van der Waals surface area contributed by atoms with Gasteiger partial charge in [0.2, 0.25) is 0 Å². The lowest BCUT2D eigenvalue weighted by atomic mass is 9.95. The van der Waals surface area contributed by atoms with E-state index in [2.05, 4.69) is 0 Å². The second-order valence-electron chi connectivity index (χ2n) is 5.29. The molecule has 0 unspecified atom stereocenters. The van der Waals surface area contributed by atoms with Crippen LogP contribution in [0.5, 0.6) is 0 Å². The predicted molar refractivity (Wildman–Crippen MR) is 75.0 cm³/mol. The molecule has 0 aromatic heterocycles. The minimum atomic E-state index is -1.05. The fourth-order valence-corrected chi connectivity index (χ4v) is 2.31. The van der Waals surface area contributed by atoms with Gasteiger partial charge >= 0.3 is 6.09 Å². The molecule has 1 saturated heterocycles. The molecule has 2 rings (SSSR count). The first kappa shape index (κ1) is 14.8. The summed E-state index contributed by atoms with van der Waals surface area (Å²) in [6.45, 7) is 3.13. The lowest BCUT2D eigenvalue weighted by Gasteiger charge is -2.33. The molecule has 1 aliphatic rings. The van der Waals surface area contributed by atoms with Crippen LogP contribution in [0.4, 0.5) is 9.18 Å². The van der Waals surface area contributed by atoms with E-state index in [1.165, 1.54) is 4.90 Å². The third-order valence-electron chi connectivity index (χ3n) is 3.72. The zero-order valence-electron chi connectivity index (χ0n) is 11.7. The minimum absolute atomic E-state index is 0.0780. The van der Waals surface area contributed by atoms with E-state index < -0.39 is 12.3 Å². The lowest BCUT2D eigenvalue weighted by Crippen LogP contribution is -2.46. The van der Waals surface area contributed by atoms with Crippen LogP contribution in [0.1, 0.15) is 17.5 Å². The number of likely N-dealkylation sites (tertiary alicyclic amines) is 1. The molecule has 1 heterocycles. The zero-order valence-corrected chi connectivity index (χ0v) is 11.7. The first-order chi connectivity index (χ1) is 9.60. The van der Waals surface area contributed by atoms with Gasteiger partial charge in [-0.1, -0.05) is 29.8 Å². The summed E-state index contributed by atoms with van der Waals surface area (Å²) in [6.07, 6.45) is -0.915. The molecule has 1 aromatic carbocycles. The quantitative estimate of drug-likeness (QED) is 0.924. The Hall–Kier alpha value is -1.62. The van der Waals surface area contributed by atoms with E-state index in [9.17, 15) is 9.18 Å². The Morgan fingerprint density at radius 3 is 2.75 bits per heavy atom. The number of hydrogen-bond acceptors (Lipinski definition) is 3. The molecule has 1 amide bonds. The van der Waals surface area contributed by atoms with Crippen molar-refractivity contribution in [3.05, 3.63) is 35.4 Å². The molecule has 0 aliphatic carbocycles. The van der Waals surface area contributed by atoms with Gasteiger partial charge in [0.15, 0.2) is 0 Å². The molecule has 20 heavy (non-hydrogen) atoms. The summed E-state index contributed by atoms with van der Waals surface area (Å²) >= 11 is 0. The number of rotatable bonds is 3. The van der Waals surface area contributed by atoms with Crippen molar-refractivity contribution < 1.29 is 13.9 Å². The van der Waals surface area contributed by atoms with Gasteiger partial charge in [0, 0.05) is 12.5 Å². The molecule has 0 saturated carbocycles. The number of benzene rings is 1. The Bertz CT molecular complexity index is 450. The van der Waals surface area contributed by atoms with Crippen molar-refractivity contribution in [1.82, 2.24) is 4.90 Å². The van der Waals surface area contributed by atoms with Crippen LogP contribution < -0.4 is 5.73 Å². The van der Waals surface area contributed by atoms with Gasteiger partial charge < -0.3 is 15.4 Å². The van der Waals surface area contributed by atoms with Gasteiger partial charge in [-0.15, -0.1) is 0 Å². The highest BCUT2D eigenvalue weighted by Crippen LogP contribution is 2.20. The van der Waals surface area contributed by atoms with Crippen LogP contribution in [0.25, 0.3) is 0 Å². The summed E-state index contributed by atoms with van der Waals surface area (Å²) in [5.41, 5.74) is 7.57. The average molecular weight is 280 g/mol. The standard InChI is InChI=1S/C15H21FN2O2/c1-11-2-4-12(5-3-11)10-20-15(19)18-7-6-13(8-17)14(16)9-18/h2-5,13-14H,6-10,17H2,1H3/t13-,14-/m1/s1. The third kappa shape index (κ3) is 3.70. The van der Waals surface area contributed by atoms with Crippen molar-refractivity contribution in [3.8, 4) is 0 Å². The molecule has 1 fully saturated rings. The molecule has 2 atom stereocenters. The SMILES string of the molecule is Cc1ccc(COC(=O)N2CC[C@H](CN)[C@H](F)C2)cc1. The van der Waals surface area contributed by atoms with Crippen LogP contribution in [0, 0.1) is 12.8 Å². The van der Waals surface area contributed by atoms with Crippen LogP contribution in [0.3, 0.4) is 0 Å². The number of nitrogens with zero attached hydrogens (tertiary/aromatic N) is 1. The largest absolute Gasteiger partial charge is 0.445 e. The number of ether oxygens (including phenoxy) is 1. The number of carbonyl (C=O) groups excluding carboxylic acids is 1. The molecule has 5 heteroatoms. The predicted octanol–water partition coefficient (Wildman–Crippen LogP) is 2.25. The van der Waals surface area contributed by atoms with Crippen molar-refractivity contribution in [3.63, 3.8) is 0 Å². The third-order valence-corrected chi connectivity index (χ3v) is 3.72. The Morgan fingerprint density at radius 1 is 1.45 bits per heavy atom. The summed E-state index contributed by atoms with van der Waals surface area (Å²) < 4.78 is 19.0. The summed E-state index contributed by atoms with van der Waals surface area (Å²) in [6, 6.07) is 7.77. The van der Waals surface area contributed by atoms with E-state index in [1.54, 1.807) is 0 Å². The second-order valence-corrected chi connectivity index (χ2v) is 5.29. The lowest BCUT2D eigenvalue weighted by molar-refractivity contribution is 0.0536. The molecule has 1 aliphatic heterocycles. The van der Waals surface area contributed by atoms with Crippen LogP contribution >= 0.6 is 0 Å². The van der Waals surface area contributed by atoms with Gasteiger partial charge in [-0.25, -0.2) is 9.18 Å². The van der Waals surface area contributed by atoms with Crippen molar-refractivity contribution >= 4 is 6.09 Å². The van der Waals surface area contributed by atoms with Crippen molar-refractivity contribution in [1.29, 1.82) is 0 Å². The van der Waals surface area contributed by atoms with Gasteiger partial charge in [0.1, 0.15) is 12.8 Å².